The topological polar surface area (TPSA) is 82.3 Å². The molecule has 7 heteroatoms. The minimum Gasteiger partial charge on any atom is -0.363 e. The molecule has 2 aromatic rings. The van der Waals surface area contributed by atoms with Crippen molar-refractivity contribution in [2.45, 2.75) is 39.4 Å². The standard InChI is InChI=1S/C17H23N3O4/c1-10(24-17(2,3)4)14(21)18-11-7-8-12-13(9-11)19(5)16(23)20(6)15(12)22/h7-10H,1-6H3,(H,18,21)/t10-/m0/s1. The summed E-state index contributed by atoms with van der Waals surface area (Å²) in [6, 6.07) is 4.85. The third-order valence-corrected chi connectivity index (χ3v) is 3.64. The quantitative estimate of drug-likeness (QED) is 0.920. The van der Waals surface area contributed by atoms with Gasteiger partial charge in [0, 0.05) is 19.8 Å². The van der Waals surface area contributed by atoms with Gasteiger partial charge < -0.3 is 10.1 Å². The van der Waals surface area contributed by atoms with Crippen LogP contribution in [-0.2, 0) is 23.6 Å². The number of rotatable bonds is 3. The zero-order chi connectivity index (χ0) is 18.2. The summed E-state index contributed by atoms with van der Waals surface area (Å²) in [5, 5.41) is 3.16. The number of hydrogen-bond donors (Lipinski definition) is 1. The van der Waals surface area contributed by atoms with Crippen LogP contribution in [0.3, 0.4) is 0 Å². The van der Waals surface area contributed by atoms with Gasteiger partial charge in [0.2, 0.25) is 0 Å². The molecule has 1 N–H and O–H groups in total. The average molecular weight is 333 g/mol. The van der Waals surface area contributed by atoms with E-state index in [-0.39, 0.29) is 11.5 Å². The van der Waals surface area contributed by atoms with Crippen LogP contribution in [0.15, 0.2) is 27.8 Å². The molecule has 0 unspecified atom stereocenters. The van der Waals surface area contributed by atoms with Gasteiger partial charge in [0.15, 0.2) is 0 Å². The van der Waals surface area contributed by atoms with Gasteiger partial charge >= 0.3 is 5.69 Å². The van der Waals surface area contributed by atoms with Crippen molar-refractivity contribution in [1.29, 1.82) is 0 Å². The highest BCUT2D eigenvalue weighted by molar-refractivity contribution is 5.95. The number of fused-ring (bicyclic) bond motifs is 1. The van der Waals surface area contributed by atoms with E-state index in [1.54, 1.807) is 32.2 Å². The van der Waals surface area contributed by atoms with Gasteiger partial charge in [0.1, 0.15) is 6.10 Å². The second-order valence-corrected chi connectivity index (χ2v) is 6.80. The van der Waals surface area contributed by atoms with Crippen LogP contribution in [0.25, 0.3) is 10.9 Å². The molecule has 0 aliphatic rings. The minimum atomic E-state index is -0.631. The summed E-state index contributed by atoms with van der Waals surface area (Å²) >= 11 is 0. The molecule has 1 heterocycles. The predicted molar refractivity (Wildman–Crippen MR) is 93.4 cm³/mol. The average Bonchev–Trinajstić information content (AvgIpc) is 2.49. The van der Waals surface area contributed by atoms with Gasteiger partial charge in [-0.05, 0) is 45.9 Å². The SMILES string of the molecule is C[C@H](OC(C)(C)C)C(=O)Nc1ccc2c(=O)n(C)c(=O)n(C)c2c1. The molecule has 130 valence electrons. The number of aromatic nitrogens is 2. The highest BCUT2D eigenvalue weighted by Crippen LogP contribution is 2.17. The third-order valence-electron chi connectivity index (χ3n) is 3.64. The number of benzene rings is 1. The van der Waals surface area contributed by atoms with Crippen LogP contribution in [0, 0.1) is 0 Å². The van der Waals surface area contributed by atoms with Crippen molar-refractivity contribution in [2.75, 3.05) is 5.32 Å². The van der Waals surface area contributed by atoms with Crippen molar-refractivity contribution < 1.29 is 9.53 Å². The zero-order valence-corrected chi connectivity index (χ0v) is 14.8. The fourth-order valence-corrected chi connectivity index (χ4v) is 2.49. The third kappa shape index (κ3) is 3.56. The first-order valence-corrected chi connectivity index (χ1v) is 7.70. The Labute approximate surface area is 139 Å². The minimum absolute atomic E-state index is 0.293. The Balaban J connectivity index is 2.37. The van der Waals surface area contributed by atoms with Crippen LogP contribution < -0.4 is 16.6 Å². The fourth-order valence-electron chi connectivity index (χ4n) is 2.49. The van der Waals surface area contributed by atoms with Gasteiger partial charge in [-0.2, -0.15) is 0 Å². The second kappa shape index (κ2) is 6.24. The van der Waals surface area contributed by atoms with Crippen molar-refractivity contribution in [3.05, 3.63) is 39.0 Å². The molecule has 0 aliphatic carbocycles. The lowest BCUT2D eigenvalue weighted by Crippen LogP contribution is -2.37. The van der Waals surface area contributed by atoms with Gasteiger partial charge in [-0.15, -0.1) is 0 Å². The summed E-state index contributed by atoms with van der Waals surface area (Å²) in [5.41, 5.74) is -0.253. The molecule has 1 atom stereocenters. The molecule has 7 nitrogen and oxygen atoms in total. The smallest absolute Gasteiger partial charge is 0.330 e. The molecule has 0 bridgehead atoms. The molecule has 0 fully saturated rings. The van der Waals surface area contributed by atoms with E-state index < -0.39 is 17.4 Å². The van der Waals surface area contributed by atoms with Crippen LogP contribution in [0.5, 0.6) is 0 Å². The lowest BCUT2D eigenvalue weighted by Gasteiger charge is -2.24. The van der Waals surface area contributed by atoms with Crippen LogP contribution in [0.2, 0.25) is 0 Å². The van der Waals surface area contributed by atoms with Crippen molar-refractivity contribution >= 4 is 22.5 Å². The van der Waals surface area contributed by atoms with E-state index in [9.17, 15) is 14.4 Å². The summed E-state index contributed by atoms with van der Waals surface area (Å²) < 4.78 is 8.05. The maximum atomic E-state index is 12.2. The molecule has 2 rings (SSSR count). The van der Waals surface area contributed by atoms with Crippen molar-refractivity contribution in [3.63, 3.8) is 0 Å². The van der Waals surface area contributed by atoms with E-state index >= 15 is 0 Å². The molecule has 0 radical (unpaired) electrons. The van der Waals surface area contributed by atoms with Gasteiger partial charge in [-0.3, -0.25) is 18.7 Å². The first-order valence-electron chi connectivity index (χ1n) is 7.70. The number of aryl methyl sites for hydroxylation is 1. The van der Waals surface area contributed by atoms with Crippen molar-refractivity contribution in [1.82, 2.24) is 9.13 Å². The van der Waals surface area contributed by atoms with Gasteiger partial charge in [-0.25, -0.2) is 4.79 Å². The number of hydrogen-bond acceptors (Lipinski definition) is 4. The van der Waals surface area contributed by atoms with E-state index in [0.717, 1.165) is 4.57 Å². The molecule has 1 aromatic heterocycles. The van der Waals surface area contributed by atoms with E-state index in [0.29, 0.717) is 16.6 Å². The van der Waals surface area contributed by atoms with E-state index in [1.807, 2.05) is 20.8 Å². The Morgan fingerprint density at radius 1 is 1.17 bits per heavy atom. The summed E-state index contributed by atoms with van der Waals surface area (Å²) in [7, 11) is 3.02. The van der Waals surface area contributed by atoms with Gasteiger partial charge in [0.05, 0.1) is 16.5 Å². The number of carbonyl (C=O) groups excluding carboxylic acids is 1. The lowest BCUT2D eigenvalue weighted by molar-refractivity contribution is -0.135. The molecule has 0 spiro atoms. The molecule has 0 aliphatic heterocycles. The Morgan fingerprint density at radius 2 is 1.79 bits per heavy atom. The number of nitrogens with one attached hydrogen (secondary N) is 1. The van der Waals surface area contributed by atoms with Crippen LogP contribution in [0.4, 0.5) is 5.69 Å². The Bertz CT molecular complexity index is 903. The Morgan fingerprint density at radius 3 is 2.38 bits per heavy atom. The lowest BCUT2D eigenvalue weighted by atomic mass is 10.2. The van der Waals surface area contributed by atoms with E-state index in [1.165, 1.54) is 11.6 Å². The van der Waals surface area contributed by atoms with Gasteiger partial charge in [-0.1, -0.05) is 0 Å². The van der Waals surface area contributed by atoms with Gasteiger partial charge in [0.25, 0.3) is 11.5 Å². The molecule has 24 heavy (non-hydrogen) atoms. The Hall–Kier alpha value is -2.41. The largest absolute Gasteiger partial charge is 0.363 e. The molecule has 0 saturated carbocycles. The zero-order valence-electron chi connectivity index (χ0n) is 14.8. The van der Waals surface area contributed by atoms with Crippen LogP contribution >= 0.6 is 0 Å². The first kappa shape index (κ1) is 17.9. The summed E-state index contributed by atoms with van der Waals surface area (Å²) in [6.45, 7) is 7.29. The van der Waals surface area contributed by atoms with E-state index in [4.69, 9.17) is 4.74 Å². The molecular formula is C17H23N3O4. The fraction of sp³-hybridized carbons (Fsp3) is 0.471. The highest BCUT2D eigenvalue weighted by Gasteiger charge is 2.21. The van der Waals surface area contributed by atoms with Crippen molar-refractivity contribution in [3.8, 4) is 0 Å². The molecular weight excluding hydrogens is 310 g/mol. The van der Waals surface area contributed by atoms with Crippen LogP contribution in [0.1, 0.15) is 27.7 Å². The number of nitrogens with zero attached hydrogens (tertiary/aromatic N) is 2. The second-order valence-electron chi connectivity index (χ2n) is 6.80. The summed E-state index contributed by atoms with van der Waals surface area (Å²) in [6.07, 6.45) is -0.631. The van der Waals surface area contributed by atoms with Crippen LogP contribution in [-0.4, -0.2) is 26.7 Å². The monoisotopic (exact) mass is 333 g/mol. The Kier molecular flexibility index (Phi) is 4.66. The maximum absolute atomic E-state index is 12.2. The maximum Gasteiger partial charge on any atom is 0.330 e. The highest BCUT2D eigenvalue weighted by atomic mass is 16.5. The molecule has 0 saturated heterocycles. The summed E-state index contributed by atoms with van der Waals surface area (Å²) in [4.78, 5) is 36.4. The normalized spacial score (nSPS) is 13.1. The van der Waals surface area contributed by atoms with E-state index in [2.05, 4.69) is 5.32 Å². The number of amides is 1. The predicted octanol–water partition coefficient (Wildman–Crippen LogP) is 1.38. The number of carbonyl (C=O) groups is 1. The summed E-state index contributed by atoms with van der Waals surface area (Å²) in [5.74, 6) is -0.293. The van der Waals surface area contributed by atoms with Crippen molar-refractivity contribution in [2.24, 2.45) is 14.1 Å². The number of ether oxygens (including phenoxy) is 1. The molecule has 1 amide bonds. The number of anilines is 1. The molecule has 1 aromatic carbocycles. The first-order chi connectivity index (χ1) is 11.0.